The molecule has 1 saturated heterocycles. The summed E-state index contributed by atoms with van der Waals surface area (Å²) in [4.78, 5) is 58.7. The summed E-state index contributed by atoms with van der Waals surface area (Å²) in [6, 6.07) is 4.47. The Balaban J connectivity index is 1.66. The molecule has 1 aromatic heterocycles. The Hall–Kier alpha value is -3.77. The van der Waals surface area contributed by atoms with Crippen LogP contribution in [-0.2, 0) is 32.0 Å². The number of aliphatic carboxylic acids is 1. The molecule has 36 heavy (non-hydrogen) atoms. The summed E-state index contributed by atoms with van der Waals surface area (Å²) in [5.74, 6) is -3.07. The fraction of sp³-hybridized carbons (Fsp3) is 0.458. The van der Waals surface area contributed by atoms with Crippen LogP contribution in [0.2, 0.25) is 0 Å². The van der Waals surface area contributed by atoms with Crippen LogP contribution < -0.4 is 16.4 Å². The summed E-state index contributed by atoms with van der Waals surface area (Å²) in [7, 11) is 0. The number of carboxylic acids is 1. The van der Waals surface area contributed by atoms with Crippen LogP contribution in [-0.4, -0.2) is 85.6 Å². The number of aliphatic hydroxyl groups excluding tert-OH is 1. The maximum atomic E-state index is 13.3. The number of aromatic amines is 1. The monoisotopic (exact) mass is 500 g/mol. The fourth-order valence-corrected chi connectivity index (χ4v) is 4.17. The average molecular weight is 501 g/mol. The van der Waals surface area contributed by atoms with Crippen molar-refractivity contribution < 1.29 is 29.4 Å². The Labute approximate surface area is 208 Å². The molecule has 1 aliphatic rings. The zero-order valence-corrected chi connectivity index (χ0v) is 20.0. The van der Waals surface area contributed by atoms with E-state index in [4.69, 9.17) is 5.73 Å². The predicted molar refractivity (Wildman–Crippen MR) is 128 cm³/mol. The van der Waals surface area contributed by atoms with Crippen LogP contribution in [0.15, 0.2) is 42.9 Å². The molecular formula is C24H32N6O6. The Bertz CT molecular complexity index is 1040. The summed E-state index contributed by atoms with van der Waals surface area (Å²) < 4.78 is 0. The maximum Gasteiger partial charge on any atom is 0.326 e. The highest BCUT2D eigenvalue weighted by Gasteiger charge is 2.40. The molecule has 7 N–H and O–H groups in total. The van der Waals surface area contributed by atoms with Crippen LogP contribution in [0.25, 0.3) is 0 Å². The van der Waals surface area contributed by atoms with Crippen LogP contribution in [0, 0.1) is 0 Å². The smallest absolute Gasteiger partial charge is 0.326 e. The number of nitrogens with one attached hydrogen (secondary N) is 3. The number of benzene rings is 1. The molecule has 3 rings (SSSR count). The lowest BCUT2D eigenvalue weighted by molar-refractivity contribution is -0.146. The normalized spacial score (nSPS) is 18.6. The summed E-state index contributed by atoms with van der Waals surface area (Å²) in [5, 5.41) is 24.9. The number of imidazole rings is 1. The van der Waals surface area contributed by atoms with E-state index in [1.165, 1.54) is 24.3 Å². The van der Waals surface area contributed by atoms with Crippen LogP contribution in [0.5, 0.6) is 0 Å². The van der Waals surface area contributed by atoms with Gasteiger partial charge in [-0.3, -0.25) is 14.4 Å². The standard InChI is InChI=1S/C24H32N6O6/c1-14(31)20(29-21(32)17(25)11-16-12-26-13-27-16)23(34)30-9-5-8-19(30)22(33)28-18(24(35)36)10-15-6-3-2-4-7-15/h2-4,6-7,12-14,17-20,31H,5,8-11,25H2,1H3,(H,26,27)(H,28,33)(H,29,32)(H,35,36). The number of aliphatic hydroxyl groups is 1. The molecule has 5 atom stereocenters. The van der Waals surface area contributed by atoms with Gasteiger partial charge >= 0.3 is 5.97 Å². The van der Waals surface area contributed by atoms with Crippen molar-refractivity contribution in [1.82, 2.24) is 25.5 Å². The van der Waals surface area contributed by atoms with E-state index in [1.807, 2.05) is 0 Å². The van der Waals surface area contributed by atoms with Gasteiger partial charge in [0.25, 0.3) is 0 Å². The Kier molecular flexibility index (Phi) is 9.14. The minimum atomic E-state index is -1.32. The van der Waals surface area contributed by atoms with Crippen LogP contribution in [0.1, 0.15) is 31.0 Å². The number of carboxylic acid groups (broad SMARTS) is 1. The second-order valence-corrected chi connectivity index (χ2v) is 8.89. The molecule has 2 heterocycles. The summed E-state index contributed by atoms with van der Waals surface area (Å²) >= 11 is 0. The minimum absolute atomic E-state index is 0.0865. The highest BCUT2D eigenvalue weighted by Crippen LogP contribution is 2.20. The van der Waals surface area contributed by atoms with E-state index in [0.29, 0.717) is 18.5 Å². The van der Waals surface area contributed by atoms with Crippen molar-refractivity contribution in [3.63, 3.8) is 0 Å². The second-order valence-electron chi connectivity index (χ2n) is 8.89. The number of H-pyrrole nitrogens is 1. The van der Waals surface area contributed by atoms with E-state index in [0.717, 1.165) is 5.56 Å². The quantitative estimate of drug-likeness (QED) is 0.225. The van der Waals surface area contributed by atoms with Crippen molar-refractivity contribution in [2.75, 3.05) is 6.54 Å². The van der Waals surface area contributed by atoms with Crippen molar-refractivity contribution in [2.24, 2.45) is 5.73 Å². The first-order valence-electron chi connectivity index (χ1n) is 11.8. The van der Waals surface area contributed by atoms with Gasteiger partial charge in [-0.05, 0) is 25.3 Å². The summed E-state index contributed by atoms with van der Waals surface area (Å²) in [5.41, 5.74) is 7.33. The number of hydrogen-bond acceptors (Lipinski definition) is 7. The van der Waals surface area contributed by atoms with E-state index < -0.39 is 54.0 Å². The molecule has 12 nitrogen and oxygen atoms in total. The van der Waals surface area contributed by atoms with Gasteiger partial charge in [-0.15, -0.1) is 0 Å². The first-order chi connectivity index (χ1) is 17.2. The highest BCUT2D eigenvalue weighted by atomic mass is 16.4. The number of hydrogen-bond donors (Lipinski definition) is 6. The number of likely N-dealkylation sites (tertiary alicyclic amines) is 1. The van der Waals surface area contributed by atoms with E-state index in [2.05, 4.69) is 20.6 Å². The van der Waals surface area contributed by atoms with Gasteiger partial charge in [0.2, 0.25) is 17.7 Å². The van der Waals surface area contributed by atoms with Crippen LogP contribution in [0.3, 0.4) is 0 Å². The fourth-order valence-electron chi connectivity index (χ4n) is 4.17. The summed E-state index contributed by atoms with van der Waals surface area (Å²) in [6.45, 7) is 1.58. The van der Waals surface area contributed by atoms with Crippen molar-refractivity contribution in [3.05, 3.63) is 54.1 Å². The van der Waals surface area contributed by atoms with Gasteiger partial charge in [0.1, 0.15) is 18.1 Å². The van der Waals surface area contributed by atoms with Gasteiger partial charge < -0.3 is 36.5 Å². The van der Waals surface area contributed by atoms with Gasteiger partial charge in [0.15, 0.2) is 0 Å². The lowest BCUT2D eigenvalue weighted by Gasteiger charge is -2.31. The second kappa shape index (κ2) is 12.3. The molecule has 12 heteroatoms. The van der Waals surface area contributed by atoms with E-state index in [-0.39, 0.29) is 19.4 Å². The number of carbonyl (C=O) groups excluding carboxylic acids is 3. The number of aromatic nitrogens is 2. The first kappa shape index (κ1) is 26.8. The average Bonchev–Trinajstić information content (AvgIpc) is 3.54. The molecule has 1 aromatic carbocycles. The maximum absolute atomic E-state index is 13.3. The molecule has 2 aromatic rings. The number of rotatable bonds is 11. The van der Waals surface area contributed by atoms with E-state index in [1.54, 1.807) is 30.3 Å². The third kappa shape index (κ3) is 6.89. The molecule has 3 amide bonds. The van der Waals surface area contributed by atoms with Crippen molar-refractivity contribution >= 4 is 23.7 Å². The third-order valence-electron chi connectivity index (χ3n) is 6.11. The number of nitrogens with two attached hydrogens (primary N) is 1. The molecule has 1 aliphatic heterocycles. The minimum Gasteiger partial charge on any atom is -0.480 e. The lowest BCUT2D eigenvalue weighted by atomic mass is 10.0. The Morgan fingerprint density at radius 2 is 1.92 bits per heavy atom. The van der Waals surface area contributed by atoms with Gasteiger partial charge in [-0.2, -0.15) is 0 Å². The Morgan fingerprint density at radius 3 is 2.53 bits per heavy atom. The zero-order chi connectivity index (χ0) is 26.2. The van der Waals surface area contributed by atoms with E-state index in [9.17, 15) is 29.4 Å². The molecular weight excluding hydrogens is 468 g/mol. The first-order valence-corrected chi connectivity index (χ1v) is 11.8. The van der Waals surface area contributed by atoms with Gasteiger partial charge in [-0.25, -0.2) is 9.78 Å². The number of nitrogens with zero attached hydrogens (tertiary/aromatic N) is 2. The van der Waals surface area contributed by atoms with Crippen molar-refractivity contribution in [2.45, 2.75) is 62.9 Å². The van der Waals surface area contributed by atoms with Crippen LogP contribution >= 0.6 is 0 Å². The van der Waals surface area contributed by atoms with Crippen molar-refractivity contribution in [1.29, 1.82) is 0 Å². The zero-order valence-electron chi connectivity index (χ0n) is 20.0. The summed E-state index contributed by atoms with van der Waals surface area (Å²) in [6.07, 6.45) is 2.81. The van der Waals surface area contributed by atoms with Gasteiger partial charge in [0.05, 0.1) is 18.5 Å². The molecule has 194 valence electrons. The molecule has 0 aliphatic carbocycles. The SMILES string of the molecule is CC(O)C(NC(=O)C(N)Cc1cnc[nH]1)C(=O)N1CCCC1C(=O)NC(Cc1ccccc1)C(=O)O. The number of amides is 3. The van der Waals surface area contributed by atoms with Gasteiger partial charge in [-0.1, -0.05) is 30.3 Å². The predicted octanol–water partition coefficient (Wildman–Crippen LogP) is -1.05. The highest BCUT2D eigenvalue weighted by molar-refractivity contribution is 5.94. The molecule has 0 saturated carbocycles. The molecule has 0 spiro atoms. The Morgan fingerprint density at radius 1 is 1.19 bits per heavy atom. The molecule has 5 unspecified atom stereocenters. The third-order valence-corrected chi connectivity index (χ3v) is 6.11. The largest absolute Gasteiger partial charge is 0.480 e. The van der Waals surface area contributed by atoms with E-state index >= 15 is 0 Å². The lowest BCUT2D eigenvalue weighted by Crippen LogP contribution is -2.59. The van der Waals surface area contributed by atoms with Crippen molar-refractivity contribution in [3.8, 4) is 0 Å². The molecule has 0 radical (unpaired) electrons. The van der Waals surface area contributed by atoms with Crippen LogP contribution in [0.4, 0.5) is 0 Å². The molecule has 1 fully saturated rings. The number of carbonyl (C=O) groups is 4. The molecule has 0 bridgehead atoms. The van der Waals surface area contributed by atoms with Gasteiger partial charge in [0, 0.05) is 31.3 Å². The topological polar surface area (TPSA) is 191 Å².